The Morgan fingerprint density at radius 2 is 2.07 bits per heavy atom. The monoisotopic (exact) mass is 406 g/mol. The number of amides is 1. The average Bonchev–Trinajstić information content (AvgIpc) is 3.16. The van der Waals surface area contributed by atoms with Crippen molar-refractivity contribution < 1.29 is 14.1 Å². The minimum atomic E-state index is -0.504. The number of aliphatic imine (C=N–C) groups is 1. The Kier molecular flexibility index (Phi) is 5.82. The summed E-state index contributed by atoms with van der Waals surface area (Å²) in [4.78, 5) is 20.3. The van der Waals surface area contributed by atoms with Crippen molar-refractivity contribution in [1.29, 1.82) is 10.8 Å². The number of carbonyl (C=O) groups excluding carboxylic acids is 1. The number of anilines is 2. The Morgan fingerprint density at radius 3 is 2.77 bits per heavy atom. The molecule has 30 heavy (non-hydrogen) atoms. The maximum atomic E-state index is 12.1. The molecule has 0 atom stereocenters. The van der Waals surface area contributed by atoms with Crippen LogP contribution < -0.4 is 16.8 Å². The molecule has 0 radical (unpaired) electrons. The van der Waals surface area contributed by atoms with E-state index >= 15 is 0 Å². The predicted octanol–water partition coefficient (Wildman–Crippen LogP) is 2.20. The van der Waals surface area contributed by atoms with Gasteiger partial charge in [-0.2, -0.15) is 4.99 Å². The summed E-state index contributed by atoms with van der Waals surface area (Å²) in [5.41, 5.74) is 13.0. The summed E-state index contributed by atoms with van der Waals surface area (Å²) in [7, 11) is 0. The number of carbonyl (C=O) groups is 1. The number of aromatic nitrogens is 2. The van der Waals surface area contributed by atoms with E-state index in [1.54, 1.807) is 37.3 Å². The molecular weight excluding hydrogens is 388 g/mol. The zero-order valence-electron chi connectivity index (χ0n) is 15.8. The fraction of sp³-hybridized carbons (Fsp3) is 0.0526. The van der Waals surface area contributed by atoms with Crippen LogP contribution in [0.5, 0.6) is 0 Å². The normalized spacial score (nSPS) is 11.0. The highest BCUT2D eigenvalue weighted by Gasteiger charge is 2.13. The maximum absolute atomic E-state index is 12.1. The molecule has 2 aromatic heterocycles. The first kappa shape index (κ1) is 20.2. The molecule has 152 valence electrons. The van der Waals surface area contributed by atoms with Crippen molar-refractivity contribution in [2.24, 2.45) is 10.7 Å². The number of ether oxygens (including phenoxy) is 1. The van der Waals surface area contributed by atoms with Crippen molar-refractivity contribution in [2.45, 2.75) is 6.92 Å². The molecule has 0 aliphatic heterocycles. The number of aryl methyl sites for hydroxylation is 1. The molecule has 0 fully saturated rings. The number of pyridine rings is 1. The number of amidine groups is 1. The molecule has 0 unspecified atom stereocenters. The molecule has 0 spiro atoms. The molecule has 11 nitrogen and oxygen atoms in total. The second-order valence-corrected chi connectivity index (χ2v) is 6.02. The van der Waals surface area contributed by atoms with Gasteiger partial charge in [0.05, 0.1) is 5.69 Å². The minimum Gasteiger partial charge on any atom is -0.405 e. The van der Waals surface area contributed by atoms with Gasteiger partial charge >= 0.3 is 0 Å². The van der Waals surface area contributed by atoms with E-state index in [0.29, 0.717) is 22.7 Å². The number of nitrogens with zero attached hydrogens (tertiary/aromatic N) is 3. The molecule has 1 amide bonds. The van der Waals surface area contributed by atoms with Crippen molar-refractivity contribution in [3.05, 3.63) is 65.2 Å². The SMILES string of the molecule is Cc1cc(C(=O)Nc2cccc(C(=N)OC(N)=Nc3ccc(N)c(C=N)c3)n2)no1. The molecule has 0 aliphatic carbocycles. The van der Waals surface area contributed by atoms with Crippen LogP contribution in [-0.2, 0) is 4.74 Å². The van der Waals surface area contributed by atoms with Gasteiger partial charge in [-0.15, -0.1) is 0 Å². The van der Waals surface area contributed by atoms with Crippen molar-refractivity contribution in [3.63, 3.8) is 0 Å². The molecule has 0 aliphatic rings. The zero-order valence-corrected chi connectivity index (χ0v) is 15.8. The third-order valence-corrected chi connectivity index (χ3v) is 3.76. The van der Waals surface area contributed by atoms with Crippen LogP contribution >= 0.6 is 0 Å². The van der Waals surface area contributed by atoms with Crippen LogP contribution in [0.3, 0.4) is 0 Å². The highest BCUT2D eigenvalue weighted by molar-refractivity contribution is 6.03. The number of rotatable bonds is 5. The standard InChI is InChI=1S/C19H18N8O3/c1-10-7-15(27-30-10)18(28)26-16-4-2-3-14(25-16)17(22)29-19(23)24-12-5-6-13(21)11(8-12)9-20/h2-9,20,22H,21H2,1H3,(H2,23,24)(H,25,26,28). The lowest BCUT2D eigenvalue weighted by atomic mass is 10.2. The molecule has 0 bridgehead atoms. The summed E-state index contributed by atoms with van der Waals surface area (Å²) < 4.78 is 10.1. The van der Waals surface area contributed by atoms with Gasteiger partial charge in [-0.05, 0) is 37.3 Å². The first-order valence-corrected chi connectivity index (χ1v) is 8.58. The minimum absolute atomic E-state index is 0.107. The summed E-state index contributed by atoms with van der Waals surface area (Å²) in [5.74, 6) is -0.181. The van der Waals surface area contributed by atoms with Gasteiger partial charge in [0.1, 0.15) is 17.3 Å². The van der Waals surface area contributed by atoms with E-state index in [1.165, 1.54) is 12.1 Å². The Balaban J connectivity index is 1.70. The lowest BCUT2D eigenvalue weighted by Crippen LogP contribution is -2.22. The lowest BCUT2D eigenvalue weighted by Gasteiger charge is -2.08. The van der Waals surface area contributed by atoms with Crippen LogP contribution in [0.2, 0.25) is 0 Å². The Morgan fingerprint density at radius 1 is 1.27 bits per heavy atom. The molecule has 1 aromatic carbocycles. The maximum Gasteiger partial charge on any atom is 0.294 e. The zero-order chi connectivity index (χ0) is 21.7. The molecule has 0 saturated heterocycles. The third kappa shape index (κ3) is 4.84. The van der Waals surface area contributed by atoms with E-state index < -0.39 is 5.91 Å². The summed E-state index contributed by atoms with van der Waals surface area (Å²) in [6.45, 7) is 1.67. The topological polar surface area (TPSA) is 189 Å². The van der Waals surface area contributed by atoms with E-state index in [1.807, 2.05) is 0 Å². The quantitative estimate of drug-likeness (QED) is 0.244. The second kappa shape index (κ2) is 8.65. The predicted molar refractivity (Wildman–Crippen MR) is 111 cm³/mol. The van der Waals surface area contributed by atoms with Gasteiger partial charge in [0, 0.05) is 23.5 Å². The van der Waals surface area contributed by atoms with Gasteiger partial charge in [-0.25, -0.2) is 4.98 Å². The third-order valence-electron chi connectivity index (χ3n) is 3.76. The summed E-state index contributed by atoms with van der Waals surface area (Å²) in [6, 6.07) is 10.6. The number of benzene rings is 1. The molecule has 0 saturated carbocycles. The van der Waals surface area contributed by atoms with Crippen molar-refractivity contribution >= 4 is 41.2 Å². The largest absolute Gasteiger partial charge is 0.405 e. The van der Waals surface area contributed by atoms with Crippen molar-refractivity contribution in [1.82, 2.24) is 10.1 Å². The highest BCUT2D eigenvalue weighted by atomic mass is 16.5. The van der Waals surface area contributed by atoms with Gasteiger partial charge < -0.3 is 31.5 Å². The van der Waals surface area contributed by atoms with Crippen LogP contribution in [0, 0.1) is 17.7 Å². The number of hydrogen-bond donors (Lipinski definition) is 5. The molecular formula is C19H18N8O3. The van der Waals surface area contributed by atoms with Gasteiger partial charge in [-0.1, -0.05) is 11.2 Å². The lowest BCUT2D eigenvalue weighted by molar-refractivity contribution is 0.101. The fourth-order valence-electron chi connectivity index (χ4n) is 2.35. The Bertz CT molecular complexity index is 1150. The number of nitrogen functional groups attached to an aromatic ring is 1. The number of nitrogens with one attached hydrogen (secondary N) is 3. The Labute approximate surface area is 170 Å². The van der Waals surface area contributed by atoms with Crippen LogP contribution in [0.4, 0.5) is 17.2 Å². The van der Waals surface area contributed by atoms with Crippen molar-refractivity contribution in [2.75, 3.05) is 11.1 Å². The first-order chi connectivity index (χ1) is 14.4. The smallest absolute Gasteiger partial charge is 0.294 e. The fourth-order valence-corrected chi connectivity index (χ4v) is 2.35. The van der Waals surface area contributed by atoms with Gasteiger partial charge in [0.25, 0.3) is 11.9 Å². The number of nitrogens with two attached hydrogens (primary N) is 2. The van der Waals surface area contributed by atoms with E-state index in [4.69, 9.17) is 31.5 Å². The summed E-state index contributed by atoms with van der Waals surface area (Å²) >= 11 is 0. The van der Waals surface area contributed by atoms with Gasteiger partial charge in [-0.3, -0.25) is 10.2 Å². The van der Waals surface area contributed by atoms with E-state index in [0.717, 1.165) is 6.21 Å². The van der Waals surface area contributed by atoms with Crippen LogP contribution in [0.15, 0.2) is 52.0 Å². The molecule has 2 heterocycles. The molecule has 11 heteroatoms. The van der Waals surface area contributed by atoms with Crippen LogP contribution in [0.25, 0.3) is 0 Å². The van der Waals surface area contributed by atoms with Crippen LogP contribution in [-0.4, -0.2) is 34.2 Å². The summed E-state index contributed by atoms with van der Waals surface area (Å²) in [5, 5.41) is 21.5. The van der Waals surface area contributed by atoms with E-state index in [2.05, 4.69) is 20.4 Å². The highest BCUT2D eigenvalue weighted by Crippen LogP contribution is 2.19. The second-order valence-electron chi connectivity index (χ2n) is 6.02. The summed E-state index contributed by atoms with van der Waals surface area (Å²) in [6.07, 6.45) is 1.09. The van der Waals surface area contributed by atoms with E-state index in [-0.39, 0.29) is 29.1 Å². The van der Waals surface area contributed by atoms with Crippen molar-refractivity contribution in [3.8, 4) is 0 Å². The first-order valence-electron chi connectivity index (χ1n) is 8.58. The van der Waals surface area contributed by atoms with Gasteiger partial charge in [0.15, 0.2) is 5.69 Å². The Hall–Kier alpha value is -4.54. The molecule has 3 rings (SSSR count). The molecule has 7 N–H and O–H groups in total. The average molecular weight is 406 g/mol. The number of hydrogen-bond acceptors (Lipinski definition) is 9. The van der Waals surface area contributed by atoms with Crippen LogP contribution in [0.1, 0.15) is 27.5 Å². The molecule has 3 aromatic rings. The van der Waals surface area contributed by atoms with E-state index in [9.17, 15) is 4.79 Å². The van der Waals surface area contributed by atoms with Gasteiger partial charge in [0.2, 0.25) is 5.90 Å².